The minimum absolute atomic E-state index is 0.236. The molecule has 0 aromatic rings. The Morgan fingerprint density at radius 1 is 1.20 bits per heavy atom. The molecule has 0 aliphatic rings. The van der Waals surface area contributed by atoms with Crippen molar-refractivity contribution in [2.24, 2.45) is 5.92 Å². The summed E-state index contributed by atoms with van der Waals surface area (Å²) in [6.45, 7) is 7.86. The summed E-state index contributed by atoms with van der Waals surface area (Å²) in [6, 6.07) is 0. The lowest BCUT2D eigenvalue weighted by Gasteiger charge is -2.25. The summed E-state index contributed by atoms with van der Waals surface area (Å²) < 4.78 is 0. The number of carbonyl (C=O) groups is 1. The number of hydrogen-bond acceptors (Lipinski definition) is 3. The highest BCUT2D eigenvalue weighted by molar-refractivity contribution is 5.66. The lowest BCUT2D eigenvalue weighted by atomic mass is 10.2. The summed E-state index contributed by atoms with van der Waals surface area (Å²) >= 11 is 0. The van der Waals surface area contributed by atoms with Crippen molar-refractivity contribution in [1.29, 1.82) is 0 Å². The second-order valence-electron chi connectivity index (χ2n) is 4.64. The molecule has 0 atom stereocenters. The monoisotopic (exact) mass is 216 g/mol. The largest absolute Gasteiger partial charge is 0.481 e. The molecule has 0 bridgehead atoms. The first-order valence-electron chi connectivity index (χ1n) is 5.50. The molecule has 0 spiro atoms. The number of carboxylic acid groups (broad SMARTS) is 1. The van der Waals surface area contributed by atoms with Gasteiger partial charge in [0.1, 0.15) is 0 Å². The molecule has 1 N–H and O–H groups in total. The smallest absolute Gasteiger partial charge is 0.304 e. The molecule has 0 heterocycles. The van der Waals surface area contributed by atoms with Gasteiger partial charge in [-0.25, -0.2) is 0 Å². The number of hydrogen-bond donors (Lipinski definition) is 1. The molecule has 15 heavy (non-hydrogen) atoms. The van der Waals surface area contributed by atoms with Gasteiger partial charge in [-0.3, -0.25) is 4.79 Å². The molecule has 4 heteroatoms. The van der Waals surface area contributed by atoms with E-state index in [1.807, 2.05) is 14.1 Å². The second-order valence-corrected chi connectivity index (χ2v) is 4.64. The fraction of sp³-hybridized carbons (Fsp3) is 0.909. The maximum absolute atomic E-state index is 10.5. The number of likely N-dealkylation sites (N-methyl/N-ethyl adjacent to an activating group) is 1. The van der Waals surface area contributed by atoms with Gasteiger partial charge in [0.15, 0.2) is 0 Å². The molecule has 0 radical (unpaired) electrons. The van der Waals surface area contributed by atoms with Crippen molar-refractivity contribution in [2.45, 2.75) is 20.3 Å². The standard InChI is InChI=1S/C11H24N2O2/c1-10(2)9-13(6-5-11(14)15)8-7-12(3)4/h10H,5-9H2,1-4H3,(H,14,15). The van der Waals surface area contributed by atoms with Gasteiger partial charge in [-0.1, -0.05) is 13.8 Å². The van der Waals surface area contributed by atoms with E-state index in [1.165, 1.54) is 0 Å². The quantitative estimate of drug-likeness (QED) is 0.657. The molecular formula is C11H24N2O2. The van der Waals surface area contributed by atoms with Crippen LogP contribution in [0.1, 0.15) is 20.3 Å². The first kappa shape index (κ1) is 14.4. The Labute approximate surface area is 92.9 Å². The lowest BCUT2D eigenvalue weighted by Crippen LogP contribution is -2.35. The van der Waals surface area contributed by atoms with Crippen molar-refractivity contribution >= 4 is 5.97 Å². The summed E-state index contributed by atoms with van der Waals surface area (Å²) in [6.07, 6.45) is 0.236. The molecule has 4 nitrogen and oxygen atoms in total. The minimum atomic E-state index is -0.714. The summed E-state index contributed by atoms with van der Waals surface area (Å²) in [5, 5.41) is 8.64. The van der Waals surface area contributed by atoms with E-state index in [0.29, 0.717) is 12.5 Å². The minimum Gasteiger partial charge on any atom is -0.481 e. The fourth-order valence-electron chi connectivity index (χ4n) is 1.41. The number of nitrogens with zero attached hydrogens (tertiary/aromatic N) is 2. The molecule has 90 valence electrons. The van der Waals surface area contributed by atoms with Gasteiger partial charge in [0, 0.05) is 26.2 Å². The highest BCUT2D eigenvalue weighted by Crippen LogP contribution is 2.00. The van der Waals surface area contributed by atoms with Crippen LogP contribution in [-0.2, 0) is 4.79 Å². The van der Waals surface area contributed by atoms with Gasteiger partial charge in [-0.15, -0.1) is 0 Å². The van der Waals surface area contributed by atoms with Crippen LogP contribution in [0.15, 0.2) is 0 Å². The maximum atomic E-state index is 10.5. The number of rotatable bonds is 8. The SMILES string of the molecule is CC(C)CN(CCC(=O)O)CCN(C)C. The van der Waals surface area contributed by atoms with Crippen LogP contribution in [0.3, 0.4) is 0 Å². The highest BCUT2D eigenvalue weighted by Gasteiger charge is 2.09. The Bertz CT molecular complexity index is 181. The average Bonchev–Trinajstić information content (AvgIpc) is 2.08. The topological polar surface area (TPSA) is 43.8 Å². The molecule has 0 rings (SSSR count). The van der Waals surface area contributed by atoms with Crippen molar-refractivity contribution in [1.82, 2.24) is 9.80 Å². The van der Waals surface area contributed by atoms with Crippen molar-refractivity contribution in [3.8, 4) is 0 Å². The molecule has 0 saturated heterocycles. The van der Waals surface area contributed by atoms with Crippen LogP contribution in [0.25, 0.3) is 0 Å². The predicted molar refractivity (Wildman–Crippen MR) is 62.1 cm³/mol. The third-order valence-electron chi connectivity index (χ3n) is 2.13. The van der Waals surface area contributed by atoms with Gasteiger partial charge in [-0.2, -0.15) is 0 Å². The van der Waals surface area contributed by atoms with Crippen molar-refractivity contribution in [2.75, 3.05) is 40.3 Å². The van der Waals surface area contributed by atoms with Gasteiger partial charge < -0.3 is 14.9 Å². The first-order valence-corrected chi connectivity index (χ1v) is 5.50. The van der Waals surface area contributed by atoms with E-state index in [1.54, 1.807) is 0 Å². The van der Waals surface area contributed by atoms with E-state index in [2.05, 4.69) is 23.6 Å². The molecule has 0 fully saturated rings. The van der Waals surface area contributed by atoms with E-state index >= 15 is 0 Å². The Hall–Kier alpha value is -0.610. The Balaban J connectivity index is 3.89. The summed E-state index contributed by atoms with van der Waals surface area (Å²) in [7, 11) is 4.06. The lowest BCUT2D eigenvalue weighted by molar-refractivity contribution is -0.137. The van der Waals surface area contributed by atoms with E-state index < -0.39 is 5.97 Å². The van der Waals surface area contributed by atoms with Gasteiger partial charge in [0.2, 0.25) is 0 Å². The van der Waals surface area contributed by atoms with Crippen LogP contribution in [0, 0.1) is 5.92 Å². The Morgan fingerprint density at radius 2 is 1.80 bits per heavy atom. The summed E-state index contributed by atoms with van der Waals surface area (Å²) in [4.78, 5) is 14.8. The predicted octanol–water partition coefficient (Wildman–Crippen LogP) is 0.981. The van der Waals surface area contributed by atoms with E-state index in [-0.39, 0.29) is 6.42 Å². The molecular weight excluding hydrogens is 192 g/mol. The summed E-state index contributed by atoms with van der Waals surface area (Å²) in [5.74, 6) is -0.130. The Kier molecular flexibility index (Phi) is 7.34. The Morgan fingerprint density at radius 3 is 2.20 bits per heavy atom. The van der Waals surface area contributed by atoms with Gasteiger partial charge in [0.05, 0.1) is 6.42 Å². The molecule has 0 saturated carbocycles. The fourth-order valence-corrected chi connectivity index (χ4v) is 1.41. The van der Waals surface area contributed by atoms with E-state index in [0.717, 1.165) is 19.6 Å². The zero-order valence-corrected chi connectivity index (χ0v) is 10.4. The van der Waals surface area contributed by atoms with Crippen LogP contribution < -0.4 is 0 Å². The molecule has 0 aliphatic heterocycles. The van der Waals surface area contributed by atoms with Crippen LogP contribution in [0.5, 0.6) is 0 Å². The van der Waals surface area contributed by atoms with Gasteiger partial charge in [-0.05, 0) is 20.0 Å². The van der Waals surface area contributed by atoms with Crippen molar-refractivity contribution in [3.63, 3.8) is 0 Å². The van der Waals surface area contributed by atoms with Crippen LogP contribution in [0.4, 0.5) is 0 Å². The molecule has 0 aromatic heterocycles. The van der Waals surface area contributed by atoms with Crippen LogP contribution in [0.2, 0.25) is 0 Å². The molecule has 0 unspecified atom stereocenters. The normalized spacial score (nSPS) is 11.7. The highest BCUT2D eigenvalue weighted by atomic mass is 16.4. The van der Waals surface area contributed by atoms with Crippen molar-refractivity contribution in [3.05, 3.63) is 0 Å². The second kappa shape index (κ2) is 7.65. The molecule has 0 aromatic carbocycles. The van der Waals surface area contributed by atoms with Gasteiger partial charge >= 0.3 is 5.97 Å². The maximum Gasteiger partial charge on any atom is 0.304 e. The van der Waals surface area contributed by atoms with E-state index in [4.69, 9.17) is 5.11 Å². The zero-order valence-electron chi connectivity index (χ0n) is 10.4. The third kappa shape index (κ3) is 9.69. The zero-order chi connectivity index (χ0) is 11.8. The first-order chi connectivity index (χ1) is 6.91. The van der Waals surface area contributed by atoms with E-state index in [9.17, 15) is 4.79 Å². The van der Waals surface area contributed by atoms with Crippen LogP contribution >= 0.6 is 0 Å². The van der Waals surface area contributed by atoms with Crippen molar-refractivity contribution < 1.29 is 9.90 Å². The molecule has 0 aliphatic carbocycles. The summed E-state index contributed by atoms with van der Waals surface area (Å²) in [5.41, 5.74) is 0. The third-order valence-corrected chi connectivity index (χ3v) is 2.13. The average molecular weight is 216 g/mol. The number of aliphatic carboxylic acids is 1. The van der Waals surface area contributed by atoms with Crippen LogP contribution in [-0.4, -0.2) is 61.2 Å². The number of carboxylic acids is 1. The van der Waals surface area contributed by atoms with Gasteiger partial charge in [0.25, 0.3) is 0 Å². The molecule has 0 amide bonds.